The SMILES string of the molecule is C/C(=C\C1=CC(=O)N(Cc2ccccc2)C1=O)C(=O)OCC1CO1. The molecule has 24 heavy (non-hydrogen) atoms. The third kappa shape index (κ3) is 3.78. The molecule has 2 amide bonds. The Balaban J connectivity index is 1.64. The number of carbonyl (C=O) groups is 3. The lowest BCUT2D eigenvalue weighted by Crippen LogP contribution is -2.30. The van der Waals surface area contributed by atoms with Gasteiger partial charge in [0.05, 0.1) is 13.2 Å². The van der Waals surface area contributed by atoms with Crippen molar-refractivity contribution in [1.82, 2.24) is 4.90 Å². The lowest BCUT2D eigenvalue weighted by molar-refractivity contribution is -0.139. The zero-order valence-electron chi connectivity index (χ0n) is 13.2. The van der Waals surface area contributed by atoms with E-state index in [2.05, 4.69) is 0 Å². The van der Waals surface area contributed by atoms with Gasteiger partial charge >= 0.3 is 5.97 Å². The van der Waals surface area contributed by atoms with Crippen LogP contribution in [0.15, 0.2) is 53.6 Å². The van der Waals surface area contributed by atoms with Crippen LogP contribution in [0.25, 0.3) is 0 Å². The number of amides is 2. The van der Waals surface area contributed by atoms with Crippen LogP contribution in [0.4, 0.5) is 0 Å². The monoisotopic (exact) mass is 327 g/mol. The molecule has 1 atom stereocenters. The van der Waals surface area contributed by atoms with Crippen molar-refractivity contribution in [3.63, 3.8) is 0 Å². The molecule has 2 heterocycles. The van der Waals surface area contributed by atoms with E-state index >= 15 is 0 Å². The number of hydrogen-bond donors (Lipinski definition) is 0. The molecule has 1 unspecified atom stereocenters. The molecule has 1 aromatic rings. The van der Waals surface area contributed by atoms with Gasteiger partial charge in [-0.3, -0.25) is 14.5 Å². The van der Waals surface area contributed by atoms with E-state index in [4.69, 9.17) is 9.47 Å². The van der Waals surface area contributed by atoms with Crippen molar-refractivity contribution in [1.29, 1.82) is 0 Å². The van der Waals surface area contributed by atoms with Crippen LogP contribution in [-0.4, -0.2) is 42.0 Å². The van der Waals surface area contributed by atoms with Gasteiger partial charge in [-0.25, -0.2) is 4.79 Å². The second-order valence-corrected chi connectivity index (χ2v) is 5.70. The summed E-state index contributed by atoms with van der Waals surface area (Å²) in [6.45, 7) is 2.56. The molecule has 0 saturated carbocycles. The fourth-order valence-electron chi connectivity index (χ4n) is 2.29. The van der Waals surface area contributed by atoms with Gasteiger partial charge in [0.15, 0.2) is 0 Å². The standard InChI is InChI=1S/C18H17NO5/c1-12(18(22)24-11-15-10-23-15)7-14-8-16(20)19(17(14)21)9-13-5-3-2-4-6-13/h2-8,15H,9-11H2,1H3/b12-7+. The number of esters is 1. The maximum atomic E-state index is 12.4. The summed E-state index contributed by atoms with van der Waals surface area (Å²) in [5.74, 6) is -1.32. The predicted octanol–water partition coefficient (Wildman–Crippen LogP) is 1.37. The Morgan fingerprint density at radius 2 is 2.04 bits per heavy atom. The molecule has 1 fully saturated rings. The van der Waals surface area contributed by atoms with E-state index in [0.29, 0.717) is 6.61 Å². The topological polar surface area (TPSA) is 76.2 Å². The summed E-state index contributed by atoms with van der Waals surface area (Å²) in [4.78, 5) is 37.4. The van der Waals surface area contributed by atoms with Crippen LogP contribution >= 0.6 is 0 Å². The molecule has 0 aliphatic carbocycles. The second kappa shape index (κ2) is 6.80. The highest BCUT2D eigenvalue weighted by Gasteiger charge is 2.30. The molecule has 6 nitrogen and oxygen atoms in total. The molecule has 124 valence electrons. The van der Waals surface area contributed by atoms with E-state index in [9.17, 15) is 14.4 Å². The van der Waals surface area contributed by atoms with E-state index in [1.807, 2.05) is 30.3 Å². The number of epoxide rings is 1. The molecule has 1 saturated heterocycles. The Labute approximate surface area is 139 Å². The summed E-state index contributed by atoms with van der Waals surface area (Å²) in [7, 11) is 0. The maximum absolute atomic E-state index is 12.4. The average molecular weight is 327 g/mol. The van der Waals surface area contributed by atoms with Crippen LogP contribution < -0.4 is 0 Å². The highest BCUT2D eigenvalue weighted by molar-refractivity contribution is 6.18. The fourth-order valence-corrected chi connectivity index (χ4v) is 2.29. The van der Waals surface area contributed by atoms with Crippen LogP contribution in [-0.2, 0) is 30.4 Å². The van der Waals surface area contributed by atoms with Crippen LogP contribution in [0.5, 0.6) is 0 Å². The van der Waals surface area contributed by atoms with E-state index in [1.165, 1.54) is 12.2 Å². The minimum atomic E-state index is -0.520. The molecule has 2 aliphatic heterocycles. The first-order valence-electron chi connectivity index (χ1n) is 7.63. The lowest BCUT2D eigenvalue weighted by Gasteiger charge is -2.14. The third-order valence-electron chi connectivity index (χ3n) is 3.72. The molecule has 0 aromatic heterocycles. The number of rotatable bonds is 6. The number of benzene rings is 1. The van der Waals surface area contributed by atoms with E-state index in [0.717, 1.165) is 10.5 Å². The fraction of sp³-hybridized carbons (Fsp3) is 0.278. The van der Waals surface area contributed by atoms with Gasteiger partial charge in [-0.15, -0.1) is 0 Å². The third-order valence-corrected chi connectivity index (χ3v) is 3.72. The highest BCUT2D eigenvalue weighted by Crippen LogP contribution is 2.19. The highest BCUT2D eigenvalue weighted by atomic mass is 16.6. The van der Waals surface area contributed by atoms with Crippen LogP contribution in [0, 0.1) is 0 Å². The first-order chi connectivity index (χ1) is 11.5. The Morgan fingerprint density at radius 1 is 1.33 bits per heavy atom. The van der Waals surface area contributed by atoms with E-state index < -0.39 is 11.9 Å². The number of carbonyl (C=O) groups excluding carboxylic acids is 3. The van der Waals surface area contributed by atoms with Gasteiger partial charge in [-0.1, -0.05) is 30.3 Å². The molecule has 2 aliphatic rings. The molecule has 0 spiro atoms. The molecule has 0 radical (unpaired) electrons. The molecule has 6 heteroatoms. The number of nitrogens with zero attached hydrogens (tertiary/aromatic N) is 1. The summed E-state index contributed by atoms with van der Waals surface area (Å²) in [5.41, 5.74) is 1.32. The number of hydrogen-bond acceptors (Lipinski definition) is 5. The molecule has 0 N–H and O–H groups in total. The Hall–Kier alpha value is -2.73. The summed E-state index contributed by atoms with van der Waals surface area (Å²) >= 11 is 0. The zero-order valence-corrected chi connectivity index (χ0v) is 13.2. The van der Waals surface area contributed by atoms with E-state index in [1.54, 1.807) is 6.92 Å². The Bertz CT molecular complexity index is 731. The van der Waals surface area contributed by atoms with E-state index in [-0.39, 0.29) is 36.3 Å². The molecule has 0 bridgehead atoms. The van der Waals surface area contributed by atoms with Crippen molar-refractivity contribution in [2.24, 2.45) is 0 Å². The predicted molar refractivity (Wildman–Crippen MR) is 84.5 cm³/mol. The smallest absolute Gasteiger partial charge is 0.333 e. The molecule has 1 aromatic carbocycles. The summed E-state index contributed by atoms with van der Waals surface area (Å²) < 4.78 is 10.0. The van der Waals surface area contributed by atoms with Crippen molar-refractivity contribution in [2.45, 2.75) is 19.6 Å². The van der Waals surface area contributed by atoms with Crippen molar-refractivity contribution in [3.05, 3.63) is 59.2 Å². The Morgan fingerprint density at radius 3 is 2.71 bits per heavy atom. The minimum Gasteiger partial charge on any atom is -0.459 e. The quantitative estimate of drug-likeness (QED) is 0.341. The maximum Gasteiger partial charge on any atom is 0.333 e. The van der Waals surface area contributed by atoms with Crippen LogP contribution in [0.3, 0.4) is 0 Å². The lowest BCUT2D eigenvalue weighted by atomic mass is 10.1. The summed E-state index contributed by atoms with van der Waals surface area (Å²) in [6, 6.07) is 9.25. The second-order valence-electron chi connectivity index (χ2n) is 5.70. The average Bonchev–Trinajstić information content (AvgIpc) is 3.37. The number of ether oxygens (including phenoxy) is 2. The van der Waals surface area contributed by atoms with Gasteiger partial charge in [0.2, 0.25) is 0 Å². The summed E-state index contributed by atoms with van der Waals surface area (Å²) in [5, 5.41) is 0. The zero-order chi connectivity index (χ0) is 17.1. The first-order valence-corrected chi connectivity index (χ1v) is 7.63. The minimum absolute atomic E-state index is 0.0166. The first kappa shape index (κ1) is 16.1. The van der Waals surface area contributed by atoms with Crippen LogP contribution in [0.2, 0.25) is 0 Å². The van der Waals surface area contributed by atoms with Gasteiger partial charge in [0, 0.05) is 17.2 Å². The van der Waals surface area contributed by atoms with Gasteiger partial charge in [0.25, 0.3) is 11.8 Å². The van der Waals surface area contributed by atoms with Crippen molar-refractivity contribution >= 4 is 17.8 Å². The Kier molecular flexibility index (Phi) is 4.57. The number of imide groups is 1. The molecular weight excluding hydrogens is 310 g/mol. The van der Waals surface area contributed by atoms with Gasteiger partial charge in [-0.2, -0.15) is 0 Å². The summed E-state index contributed by atoms with van der Waals surface area (Å²) in [6.07, 6.45) is 2.62. The van der Waals surface area contributed by atoms with Crippen molar-refractivity contribution in [2.75, 3.05) is 13.2 Å². The van der Waals surface area contributed by atoms with Gasteiger partial charge in [-0.05, 0) is 18.6 Å². The normalized spacial score (nSPS) is 20.2. The van der Waals surface area contributed by atoms with Gasteiger partial charge < -0.3 is 9.47 Å². The molecular formula is C18H17NO5. The molecule has 3 rings (SSSR count). The van der Waals surface area contributed by atoms with Crippen molar-refractivity contribution < 1.29 is 23.9 Å². The van der Waals surface area contributed by atoms with Crippen LogP contribution in [0.1, 0.15) is 12.5 Å². The van der Waals surface area contributed by atoms with Gasteiger partial charge in [0.1, 0.15) is 12.7 Å². The largest absolute Gasteiger partial charge is 0.459 e. The van der Waals surface area contributed by atoms with Crippen molar-refractivity contribution in [3.8, 4) is 0 Å².